The lowest BCUT2D eigenvalue weighted by Crippen LogP contribution is -2.09. The van der Waals surface area contributed by atoms with Crippen LogP contribution in [-0.4, -0.2) is 31.7 Å². The van der Waals surface area contributed by atoms with Crippen molar-refractivity contribution >= 4 is 29.5 Å². The largest absolute Gasteiger partial charge is 0.497 e. The van der Waals surface area contributed by atoms with Gasteiger partial charge in [0.2, 0.25) is 0 Å². The normalized spacial score (nSPS) is 14.4. The predicted molar refractivity (Wildman–Crippen MR) is 98.6 cm³/mol. The number of methoxy groups -OCH3 is 2. The number of hydrogen-bond donors (Lipinski definition) is 0. The summed E-state index contributed by atoms with van der Waals surface area (Å²) in [5, 5.41) is 0. The Kier molecular flexibility index (Phi) is 5.58. The Labute approximate surface area is 149 Å². The molecule has 0 aliphatic carbocycles. The first-order valence-electron chi connectivity index (χ1n) is 7.48. The topological polar surface area (TPSA) is 44.8 Å². The second-order valence-corrected chi connectivity index (χ2v) is 7.83. The number of carbonyl (C=O) groups is 1. The van der Waals surface area contributed by atoms with Crippen molar-refractivity contribution in [2.24, 2.45) is 0 Å². The van der Waals surface area contributed by atoms with E-state index in [9.17, 15) is 4.79 Å². The van der Waals surface area contributed by atoms with Crippen LogP contribution < -0.4 is 14.2 Å². The van der Waals surface area contributed by atoms with Crippen LogP contribution in [0.25, 0.3) is 0 Å². The van der Waals surface area contributed by atoms with Crippen molar-refractivity contribution in [1.82, 2.24) is 0 Å². The van der Waals surface area contributed by atoms with E-state index in [0.717, 1.165) is 11.5 Å². The van der Waals surface area contributed by atoms with E-state index < -0.39 is 5.97 Å². The molecule has 0 spiro atoms. The van der Waals surface area contributed by atoms with Gasteiger partial charge in [-0.2, -0.15) is 0 Å². The van der Waals surface area contributed by atoms with Gasteiger partial charge in [-0.05, 0) is 35.9 Å². The maximum Gasteiger partial charge on any atom is 0.343 e. The molecule has 6 heteroatoms. The SMILES string of the molecule is COc1cccc(C(=O)Oc2ccc(C3SCCS3)cc2OC)c1. The van der Waals surface area contributed by atoms with Crippen molar-refractivity contribution in [2.45, 2.75) is 4.58 Å². The van der Waals surface area contributed by atoms with Crippen molar-refractivity contribution in [3.05, 3.63) is 53.6 Å². The smallest absolute Gasteiger partial charge is 0.343 e. The van der Waals surface area contributed by atoms with E-state index in [0.29, 0.717) is 27.4 Å². The molecule has 126 valence electrons. The summed E-state index contributed by atoms with van der Waals surface area (Å²) < 4.78 is 16.5. The Balaban J connectivity index is 1.79. The van der Waals surface area contributed by atoms with Crippen LogP contribution in [0.4, 0.5) is 0 Å². The van der Waals surface area contributed by atoms with Crippen LogP contribution in [0.2, 0.25) is 0 Å². The first-order valence-corrected chi connectivity index (χ1v) is 9.58. The lowest BCUT2D eigenvalue weighted by atomic mass is 10.2. The number of rotatable bonds is 5. The van der Waals surface area contributed by atoms with Crippen LogP contribution in [0, 0.1) is 0 Å². The first kappa shape index (κ1) is 17.0. The van der Waals surface area contributed by atoms with Gasteiger partial charge in [0.1, 0.15) is 5.75 Å². The third-order valence-corrected chi connectivity index (χ3v) is 6.69. The lowest BCUT2D eigenvalue weighted by molar-refractivity contribution is 0.0729. The molecule has 2 aromatic carbocycles. The van der Waals surface area contributed by atoms with E-state index in [-0.39, 0.29) is 0 Å². The van der Waals surface area contributed by atoms with E-state index in [2.05, 4.69) is 0 Å². The molecule has 4 nitrogen and oxygen atoms in total. The summed E-state index contributed by atoms with van der Waals surface area (Å²) in [7, 11) is 3.14. The molecule has 1 aliphatic heterocycles. The Bertz CT molecular complexity index is 727. The molecule has 0 bridgehead atoms. The first-order chi connectivity index (χ1) is 11.7. The predicted octanol–water partition coefficient (Wildman–Crippen LogP) is 4.40. The van der Waals surface area contributed by atoms with Crippen LogP contribution in [-0.2, 0) is 0 Å². The number of ether oxygens (including phenoxy) is 3. The number of carbonyl (C=O) groups excluding carboxylic acids is 1. The zero-order chi connectivity index (χ0) is 16.9. The van der Waals surface area contributed by atoms with E-state index in [1.165, 1.54) is 5.56 Å². The van der Waals surface area contributed by atoms with Gasteiger partial charge in [-0.25, -0.2) is 4.79 Å². The molecule has 0 atom stereocenters. The minimum absolute atomic E-state index is 0.419. The van der Waals surface area contributed by atoms with Gasteiger partial charge in [-0.1, -0.05) is 12.1 Å². The summed E-state index contributed by atoms with van der Waals surface area (Å²) in [5.74, 6) is 3.47. The van der Waals surface area contributed by atoms with Gasteiger partial charge in [0.15, 0.2) is 11.5 Å². The molecule has 2 aromatic rings. The van der Waals surface area contributed by atoms with Crippen molar-refractivity contribution < 1.29 is 19.0 Å². The lowest BCUT2D eigenvalue weighted by Gasteiger charge is -2.14. The minimum Gasteiger partial charge on any atom is -0.497 e. The number of esters is 1. The average molecular weight is 362 g/mol. The molecule has 1 heterocycles. The van der Waals surface area contributed by atoms with Gasteiger partial charge in [0, 0.05) is 11.5 Å². The molecule has 3 rings (SSSR count). The van der Waals surface area contributed by atoms with Crippen LogP contribution in [0.3, 0.4) is 0 Å². The number of thioether (sulfide) groups is 2. The zero-order valence-electron chi connectivity index (χ0n) is 13.5. The molecular formula is C18H18O4S2. The van der Waals surface area contributed by atoms with Gasteiger partial charge in [0.05, 0.1) is 24.4 Å². The molecule has 0 unspecified atom stereocenters. The third kappa shape index (κ3) is 3.82. The minimum atomic E-state index is -0.440. The second kappa shape index (κ2) is 7.85. The van der Waals surface area contributed by atoms with E-state index >= 15 is 0 Å². The van der Waals surface area contributed by atoms with Gasteiger partial charge in [-0.15, -0.1) is 23.5 Å². The van der Waals surface area contributed by atoms with Gasteiger partial charge in [-0.3, -0.25) is 0 Å². The molecule has 0 radical (unpaired) electrons. The molecule has 0 N–H and O–H groups in total. The number of benzene rings is 2. The van der Waals surface area contributed by atoms with E-state index in [1.54, 1.807) is 44.6 Å². The van der Waals surface area contributed by atoms with E-state index in [4.69, 9.17) is 14.2 Å². The van der Waals surface area contributed by atoms with Crippen molar-refractivity contribution in [3.63, 3.8) is 0 Å². The highest BCUT2D eigenvalue weighted by Crippen LogP contribution is 2.47. The molecule has 0 aromatic heterocycles. The molecular weight excluding hydrogens is 344 g/mol. The van der Waals surface area contributed by atoms with Crippen molar-refractivity contribution in [3.8, 4) is 17.2 Å². The van der Waals surface area contributed by atoms with E-state index in [1.807, 2.05) is 35.7 Å². The Morgan fingerprint density at radius 1 is 1.00 bits per heavy atom. The molecule has 0 saturated carbocycles. The highest BCUT2D eigenvalue weighted by atomic mass is 32.2. The van der Waals surface area contributed by atoms with Gasteiger partial charge >= 0.3 is 5.97 Å². The van der Waals surface area contributed by atoms with Crippen LogP contribution >= 0.6 is 23.5 Å². The monoisotopic (exact) mass is 362 g/mol. The number of hydrogen-bond acceptors (Lipinski definition) is 6. The molecule has 1 aliphatic rings. The Hall–Kier alpha value is -1.79. The maximum absolute atomic E-state index is 12.3. The third-order valence-electron chi connectivity index (χ3n) is 3.59. The maximum atomic E-state index is 12.3. The molecule has 0 amide bonds. The Morgan fingerprint density at radius 3 is 2.50 bits per heavy atom. The van der Waals surface area contributed by atoms with Crippen LogP contribution in [0.1, 0.15) is 20.5 Å². The highest BCUT2D eigenvalue weighted by molar-refractivity contribution is 8.19. The highest BCUT2D eigenvalue weighted by Gasteiger charge is 2.21. The summed E-state index contributed by atoms with van der Waals surface area (Å²) >= 11 is 3.84. The Morgan fingerprint density at radius 2 is 1.79 bits per heavy atom. The fourth-order valence-corrected chi connectivity index (χ4v) is 5.21. The van der Waals surface area contributed by atoms with Crippen LogP contribution in [0.15, 0.2) is 42.5 Å². The van der Waals surface area contributed by atoms with Crippen LogP contribution in [0.5, 0.6) is 17.2 Å². The molecule has 1 fully saturated rings. The molecule has 24 heavy (non-hydrogen) atoms. The van der Waals surface area contributed by atoms with Gasteiger partial charge in [0.25, 0.3) is 0 Å². The standard InChI is InChI=1S/C18H18O4S2/c1-20-14-5-3-4-12(10-14)17(19)22-15-7-6-13(11-16(15)21-2)18-23-8-9-24-18/h3-7,10-11,18H,8-9H2,1-2H3. The summed E-state index contributed by atoms with van der Waals surface area (Å²) in [4.78, 5) is 12.3. The fourth-order valence-electron chi connectivity index (χ4n) is 2.37. The van der Waals surface area contributed by atoms with Crippen molar-refractivity contribution in [1.29, 1.82) is 0 Å². The molecule has 1 saturated heterocycles. The average Bonchev–Trinajstić information content (AvgIpc) is 3.16. The zero-order valence-corrected chi connectivity index (χ0v) is 15.1. The summed E-state index contributed by atoms with van der Waals surface area (Å²) in [6.45, 7) is 0. The summed E-state index contributed by atoms with van der Waals surface area (Å²) in [6.07, 6.45) is 0. The van der Waals surface area contributed by atoms with Crippen molar-refractivity contribution in [2.75, 3.05) is 25.7 Å². The summed E-state index contributed by atoms with van der Waals surface area (Å²) in [6, 6.07) is 12.6. The quantitative estimate of drug-likeness (QED) is 0.580. The fraction of sp³-hybridized carbons (Fsp3) is 0.278. The second-order valence-electron chi connectivity index (χ2n) is 5.11. The summed E-state index contributed by atoms with van der Waals surface area (Å²) in [5.41, 5.74) is 1.61. The van der Waals surface area contributed by atoms with Gasteiger partial charge < -0.3 is 14.2 Å².